The fraction of sp³-hybridized carbons (Fsp3) is 0.290. The van der Waals surface area contributed by atoms with Gasteiger partial charge in [0.1, 0.15) is 0 Å². The smallest absolute Gasteiger partial charge is 0.256 e. The van der Waals surface area contributed by atoms with Gasteiger partial charge in [0, 0.05) is 37.1 Å². The highest BCUT2D eigenvalue weighted by Gasteiger charge is 2.25. The number of anilines is 2. The average Bonchev–Trinajstić information content (AvgIpc) is 2.98. The quantitative estimate of drug-likeness (QED) is 0.288. The zero-order valence-electron chi connectivity index (χ0n) is 22.4. The van der Waals surface area contributed by atoms with Crippen LogP contribution >= 0.6 is 0 Å². The van der Waals surface area contributed by atoms with Crippen LogP contribution in [0.15, 0.2) is 83.8 Å². The van der Waals surface area contributed by atoms with Crippen LogP contribution in [-0.2, 0) is 10.0 Å². The summed E-state index contributed by atoms with van der Waals surface area (Å²) in [7, 11) is -3.70. The third-order valence-corrected chi connectivity index (χ3v) is 9.33. The van der Waals surface area contributed by atoms with Gasteiger partial charge >= 0.3 is 0 Å². The van der Waals surface area contributed by atoms with Crippen LogP contribution in [0.4, 0.5) is 11.4 Å². The summed E-state index contributed by atoms with van der Waals surface area (Å²) in [4.78, 5) is 21.1. The Hall–Kier alpha value is -3.75. The number of carbonyl (C=O) groups excluding carboxylic acids is 1. The monoisotopic (exact) mass is 542 g/mol. The Balaban J connectivity index is 1.59. The fourth-order valence-electron chi connectivity index (χ4n) is 5.21. The lowest BCUT2D eigenvalue weighted by Gasteiger charge is -2.31. The molecule has 1 saturated heterocycles. The fourth-order valence-corrected chi connectivity index (χ4v) is 6.69. The number of hydrogen-bond donors (Lipinski definition) is 1. The number of piperidine rings is 1. The van der Waals surface area contributed by atoms with E-state index in [9.17, 15) is 13.2 Å². The molecule has 8 heteroatoms. The number of fused-ring (bicyclic) bond motifs is 1. The molecule has 1 amide bonds. The maximum absolute atomic E-state index is 13.9. The topological polar surface area (TPSA) is 82.6 Å². The van der Waals surface area contributed by atoms with Crippen LogP contribution in [0, 0.1) is 0 Å². The minimum atomic E-state index is -3.70. The van der Waals surface area contributed by atoms with Gasteiger partial charge in [-0.15, -0.1) is 0 Å². The van der Waals surface area contributed by atoms with Crippen molar-refractivity contribution in [3.63, 3.8) is 0 Å². The number of carbonyl (C=O) groups is 1. The van der Waals surface area contributed by atoms with Gasteiger partial charge < -0.3 is 10.2 Å². The summed E-state index contributed by atoms with van der Waals surface area (Å²) in [6.07, 6.45) is 3.28. The summed E-state index contributed by atoms with van der Waals surface area (Å²) in [6.45, 7) is 6.12. The van der Waals surface area contributed by atoms with Crippen molar-refractivity contribution in [1.29, 1.82) is 0 Å². The zero-order chi connectivity index (χ0) is 27.4. The second-order valence-electron chi connectivity index (χ2n) is 9.71. The van der Waals surface area contributed by atoms with Gasteiger partial charge in [-0.2, -0.15) is 4.31 Å². The number of rotatable bonds is 8. The van der Waals surface area contributed by atoms with Crippen LogP contribution in [0.1, 0.15) is 43.5 Å². The van der Waals surface area contributed by atoms with Crippen LogP contribution in [0.5, 0.6) is 0 Å². The van der Waals surface area contributed by atoms with E-state index in [2.05, 4.69) is 10.2 Å². The number of amides is 1. The Kier molecular flexibility index (Phi) is 7.95. The minimum Gasteiger partial charge on any atom is -0.370 e. The predicted molar refractivity (Wildman–Crippen MR) is 158 cm³/mol. The molecule has 5 rings (SSSR count). The Morgan fingerprint density at radius 1 is 0.897 bits per heavy atom. The zero-order valence-corrected chi connectivity index (χ0v) is 23.2. The number of sulfonamides is 1. The summed E-state index contributed by atoms with van der Waals surface area (Å²) in [5.41, 5.74) is 4.16. The van der Waals surface area contributed by atoms with Crippen molar-refractivity contribution < 1.29 is 13.2 Å². The number of nitrogens with one attached hydrogen (secondary N) is 1. The van der Waals surface area contributed by atoms with Crippen LogP contribution in [0.2, 0.25) is 0 Å². The van der Waals surface area contributed by atoms with Gasteiger partial charge in [-0.05, 0) is 49.6 Å². The summed E-state index contributed by atoms with van der Waals surface area (Å²) >= 11 is 0. The van der Waals surface area contributed by atoms with E-state index in [0.29, 0.717) is 30.0 Å². The van der Waals surface area contributed by atoms with E-state index in [1.807, 2.05) is 80.6 Å². The first-order valence-corrected chi connectivity index (χ1v) is 15.0. The molecule has 39 heavy (non-hydrogen) atoms. The van der Waals surface area contributed by atoms with E-state index in [4.69, 9.17) is 4.98 Å². The summed E-state index contributed by atoms with van der Waals surface area (Å²) in [6, 6.07) is 24.2. The van der Waals surface area contributed by atoms with Crippen molar-refractivity contribution in [3.05, 3.63) is 84.4 Å². The molecule has 1 aliphatic rings. The van der Waals surface area contributed by atoms with Gasteiger partial charge in [0.25, 0.3) is 5.91 Å². The van der Waals surface area contributed by atoms with Crippen LogP contribution in [-0.4, -0.2) is 49.8 Å². The Labute approximate surface area is 230 Å². The minimum absolute atomic E-state index is 0.173. The molecular weight excluding hydrogens is 508 g/mol. The molecule has 202 valence electrons. The molecule has 1 N–H and O–H groups in total. The van der Waals surface area contributed by atoms with E-state index in [0.717, 1.165) is 54.5 Å². The second kappa shape index (κ2) is 11.6. The number of hydrogen-bond acceptors (Lipinski definition) is 5. The van der Waals surface area contributed by atoms with Gasteiger partial charge in [-0.3, -0.25) is 4.79 Å². The highest BCUT2D eigenvalue weighted by molar-refractivity contribution is 7.89. The van der Waals surface area contributed by atoms with Crippen LogP contribution < -0.4 is 10.2 Å². The molecular formula is C31H34N4O3S. The third kappa shape index (κ3) is 5.53. The number of benzene rings is 3. The lowest BCUT2D eigenvalue weighted by atomic mass is 10.0. The summed E-state index contributed by atoms with van der Waals surface area (Å²) < 4.78 is 28.1. The summed E-state index contributed by atoms with van der Waals surface area (Å²) in [5, 5.41) is 3.83. The van der Waals surface area contributed by atoms with E-state index >= 15 is 0 Å². The van der Waals surface area contributed by atoms with Gasteiger partial charge in [0.05, 0.1) is 33.0 Å². The maximum atomic E-state index is 13.9. The summed E-state index contributed by atoms with van der Waals surface area (Å²) in [5.74, 6) is -0.304. The molecule has 0 aliphatic carbocycles. The SMILES string of the molecule is CCN(CC)S(=O)(=O)c1ccc(N2CCCCC2)c(NC(=O)c2cc(-c3ccccc3)nc3ccccc23)c1. The molecule has 1 aromatic heterocycles. The van der Waals surface area contributed by atoms with Crippen molar-refractivity contribution >= 4 is 38.2 Å². The van der Waals surface area contributed by atoms with Crippen molar-refractivity contribution in [2.45, 2.75) is 38.0 Å². The molecule has 7 nitrogen and oxygen atoms in total. The molecule has 1 aliphatic heterocycles. The molecule has 1 fully saturated rings. The first kappa shape index (κ1) is 26.8. The highest BCUT2D eigenvalue weighted by Crippen LogP contribution is 2.33. The lowest BCUT2D eigenvalue weighted by Crippen LogP contribution is -2.32. The number of aromatic nitrogens is 1. The number of pyridine rings is 1. The maximum Gasteiger partial charge on any atom is 0.256 e. The number of para-hydroxylation sites is 1. The molecule has 4 aromatic rings. The van der Waals surface area contributed by atoms with Crippen molar-refractivity contribution in [2.24, 2.45) is 0 Å². The molecule has 2 heterocycles. The van der Waals surface area contributed by atoms with Crippen LogP contribution in [0.3, 0.4) is 0 Å². The van der Waals surface area contributed by atoms with Gasteiger partial charge in [-0.25, -0.2) is 13.4 Å². The van der Waals surface area contributed by atoms with E-state index in [1.54, 1.807) is 12.1 Å². The van der Waals surface area contributed by atoms with Crippen molar-refractivity contribution in [2.75, 3.05) is 36.4 Å². The second-order valence-corrected chi connectivity index (χ2v) is 11.6. The van der Waals surface area contributed by atoms with Crippen LogP contribution in [0.25, 0.3) is 22.2 Å². The van der Waals surface area contributed by atoms with Gasteiger partial charge in [0.2, 0.25) is 10.0 Å². The Morgan fingerprint density at radius 2 is 1.59 bits per heavy atom. The van der Waals surface area contributed by atoms with E-state index in [-0.39, 0.29) is 10.8 Å². The average molecular weight is 543 g/mol. The van der Waals surface area contributed by atoms with Gasteiger partial charge in [0.15, 0.2) is 0 Å². The molecule has 0 atom stereocenters. The molecule has 0 unspecified atom stereocenters. The standard InChI is InChI=1S/C31H34N4O3S/c1-3-35(4-2)39(37,38)24-17-18-30(34-19-11-6-12-20-34)29(21-24)33-31(36)26-22-28(23-13-7-5-8-14-23)32-27-16-10-9-15-25(26)27/h5,7-10,13-18,21-22H,3-4,6,11-12,19-20H2,1-2H3,(H,33,36). The molecule has 0 bridgehead atoms. The number of nitrogens with zero attached hydrogens (tertiary/aromatic N) is 3. The molecule has 0 radical (unpaired) electrons. The lowest BCUT2D eigenvalue weighted by molar-refractivity contribution is 0.102. The first-order valence-electron chi connectivity index (χ1n) is 13.6. The van der Waals surface area contributed by atoms with Crippen molar-refractivity contribution in [3.8, 4) is 11.3 Å². The highest BCUT2D eigenvalue weighted by atomic mass is 32.2. The molecule has 0 saturated carbocycles. The van der Waals surface area contributed by atoms with Gasteiger partial charge in [-0.1, -0.05) is 62.4 Å². The third-order valence-electron chi connectivity index (χ3n) is 7.29. The molecule has 3 aromatic carbocycles. The molecule has 0 spiro atoms. The Morgan fingerprint density at radius 3 is 2.31 bits per heavy atom. The van der Waals surface area contributed by atoms with E-state index in [1.165, 1.54) is 4.31 Å². The first-order chi connectivity index (χ1) is 18.9. The predicted octanol–water partition coefficient (Wildman–Crippen LogP) is 6.17. The Bertz CT molecular complexity index is 1580. The van der Waals surface area contributed by atoms with Crippen molar-refractivity contribution in [1.82, 2.24) is 9.29 Å². The largest absolute Gasteiger partial charge is 0.370 e. The van der Waals surface area contributed by atoms with E-state index < -0.39 is 10.0 Å². The normalized spacial score (nSPS) is 14.1.